The molecular formula is C11H6Cl2N4O. The van der Waals surface area contributed by atoms with Crippen LogP contribution >= 0.6 is 23.2 Å². The van der Waals surface area contributed by atoms with Gasteiger partial charge in [0, 0.05) is 5.56 Å². The van der Waals surface area contributed by atoms with E-state index >= 15 is 0 Å². The minimum Gasteiger partial charge on any atom is -0.296 e. The zero-order valence-electron chi connectivity index (χ0n) is 8.89. The van der Waals surface area contributed by atoms with Crippen molar-refractivity contribution in [2.75, 3.05) is 0 Å². The number of hydrogen-bond acceptors (Lipinski definition) is 3. The first kappa shape index (κ1) is 11.3. The van der Waals surface area contributed by atoms with Crippen molar-refractivity contribution < 1.29 is 0 Å². The Morgan fingerprint density at radius 2 is 2.06 bits per heavy atom. The predicted molar refractivity (Wildman–Crippen MR) is 69.1 cm³/mol. The summed E-state index contributed by atoms with van der Waals surface area (Å²) in [5.41, 5.74) is 1.65. The Balaban J connectivity index is 2.29. The van der Waals surface area contributed by atoms with E-state index in [1.165, 1.54) is 10.8 Å². The van der Waals surface area contributed by atoms with Crippen LogP contribution in [-0.4, -0.2) is 19.6 Å². The molecule has 0 saturated heterocycles. The van der Waals surface area contributed by atoms with Gasteiger partial charge in [-0.05, 0) is 17.7 Å². The SMILES string of the molecule is O=c1[nH]cnc2c(-c3ccc(Cl)c(Cl)c3)cnn12. The van der Waals surface area contributed by atoms with Crippen LogP contribution in [0.15, 0.2) is 35.5 Å². The third-order valence-electron chi connectivity index (χ3n) is 2.54. The molecule has 0 spiro atoms. The lowest BCUT2D eigenvalue weighted by atomic mass is 10.1. The standard InChI is InChI=1S/C11H6Cl2N4O/c12-8-2-1-6(3-9(8)13)7-4-16-17-10(7)14-5-15-11(17)18/h1-5H,(H,14,15,18). The largest absolute Gasteiger partial charge is 0.349 e. The number of nitrogens with one attached hydrogen (secondary N) is 1. The number of halogens is 2. The van der Waals surface area contributed by atoms with Crippen molar-refractivity contribution in [3.8, 4) is 11.1 Å². The van der Waals surface area contributed by atoms with Gasteiger partial charge in [-0.3, -0.25) is 4.98 Å². The van der Waals surface area contributed by atoms with Gasteiger partial charge < -0.3 is 0 Å². The molecule has 0 unspecified atom stereocenters. The third kappa shape index (κ3) is 1.68. The Kier molecular flexibility index (Phi) is 2.57. The predicted octanol–water partition coefficient (Wildman–Crippen LogP) is 2.39. The summed E-state index contributed by atoms with van der Waals surface area (Å²) in [6.07, 6.45) is 2.90. The quantitative estimate of drug-likeness (QED) is 0.745. The average molecular weight is 281 g/mol. The van der Waals surface area contributed by atoms with Crippen molar-refractivity contribution >= 4 is 28.8 Å². The molecule has 0 fully saturated rings. The molecular weight excluding hydrogens is 275 g/mol. The number of rotatable bonds is 1. The van der Waals surface area contributed by atoms with E-state index in [9.17, 15) is 4.79 Å². The number of fused-ring (bicyclic) bond motifs is 1. The Morgan fingerprint density at radius 1 is 1.22 bits per heavy atom. The van der Waals surface area contributed by atoms with Gasteiger partial charge in [-0.2, -0.15) is 9.61 Å². The van der Waals surface area contributed by atoms with Gasteiger partial charge >= 0.3 is 5.69 Å². The molecule has 5 nitrogen and oxygen atoms in total. The van der Waals surface area contributed by atoms with Crippen LogP contribution in [0.3, 0.4) is 0 Å². The minimum absolute atomic E-state index is 0.341. The van der Waals surface area contributed by atoms with Gasteiger partial charge in [-0.1, -0.05) is 29.3 Å². The molecule has 0 bridgehead atoms. The van der Waals surface area contributed by atoms with Crippen LogP contribution < -0.4 is 5.69 Å². The summed E-state index contributed by atoms with van der Waals surface area (Å²) in [6.45, 7) is 0. The molecule has 0 aliphatic heterocycles. The summed E-state index contributed by atoms with van der Waals surface area (Å²) < 4.78 is 1.19. The number of aromatic amines is 1. The zero-order chi connectivity index (χ0) is 12.7. The molecule has 0 atom stereocenters. The van der Waals surface area contributed by atoms with Crippen molar-refractivity contribution in [1.82, 2.24) is 19.6 Å². The van der Waals surface area contributed by atoms with Crippen LogP contribution in [-0.2, 0) is 0 Å². The lowest BCUT2D eigenvalue weighted by Gasteiger charge is -2.00. The summed E-state index contributed by atoms with van der Waals surface area (Å²) in [7, 11) is 0. The summed E-state index contributed by atoms with van der Waals surface area (Å²) in [5, 5.41) is 4.90. The summed E-state index contributed by atoms with van der Waals surface area (Å²) in [5.74, 6) is 0. The first-order valence-electron chi connectivity index (χ1n) is 5.03. The summed E-state index contributed by atoms with van der Waals surface area (Å²) >= 11 is 11.8. The summed E-state index contributed by atoms with van der Waals surface area (Å²) in [4.78, 5) is 18.0. The first-order chi connectivity index (χ1) is 8.66. The molecule has 90 valence electrons. The van der Waals surface area contributed by atoms with Crippen LogP contribution in [0.4, 0.5) is 0 Å². The van der Waals surface area contributed by atoms with E-state index in [-0.39, 0.29) is 5.69 Å². The topological polar surface area (TPSA) is 63.0 Å². The molecule has 0 radical (unpaired) electrons. The smallest absolute Gasteiger partial charge is 0.296 e. The normalized spacial score (nSPS) is 11.0. The van der Waals surface area contributed by atoms with Gasteiger partial charge in [0.2, 0.25) is 0 Å². The lowest BCUT2D eigenvalue weighted by molar-refractivity contribution is 0.840. The molecule has 1 N–H and O–H groups in total. The van der Waals surface area contributed by atoms with Crippen molar-refractivity contribution in [2.45, 2.75) is 0 Å². The fourth-order valence-electron chi connectivity index (χ4n) is 1.69. The van der Waals surface area contributed by atoms with Gasteiger partial charge in [0.15, 0.2) is 5.65 Å². The maximum atomic E-state index is 11.5. The van der Waals surface area contributed by atoms with Crippen LogP contribution in [0.25, 0.3) is 16.8 Å². The van der Waals surface area contributed by atoms with E-state index < -0.39 is 0 Å². The molecule has 0 amide bonds. The number of H-pyrrole nitrogens is 1. The van der Waals surface area contributed by atoms with Crippen molar-refractivity contribution in [1.29, 1.82) is 0 Å². The number of benzene rings is 1. The second-order valence-electron chi connectivity index (χ2n) is 3.63. The third-order valence-corrected chi connectivity index (χ3v) is 3.28. The van der Waals surface area contributed by atoms with Crippen LogP contribution in [0.1, 0.15) is 0 Å². The van der Waals surface area contributed by atoms with E-state index in [1.54, 1.807) is 24.4 Å². The Bertz CT molecular complexity index is 793. The maximum Gasteiger partial charge on any atom is 0.349 e. The van der Waals surface area contributed by atoms with E-state index in [4.69, 9.17) is 23.2 Å². The molecule has 7 heteroatoms. The average Bonchev–Trinajstić information content (AvgIpc) is 2.78. The lowest BCUT2D eigenvalue weighted by Crippen LogP contribution is -2.17. The number of nitrogens with zero attached hydrogens (tertiary/aromatic N) is 3. The van der Waals surface area contributed by atoms with E-state index in [2.05, 4.69) is 15.1 Å². The van der Waals surface area contributed by atoms with Crippen LogP contribution in [0.5, 0.6) is 0 Å². The highest BCUT2D eigenvalue weighted by Crippen LogP contribution is 2.29. The molecule has 0 aliphatic carbocycles. The summed E-state index contributed by atoms with van der Waals surface area (Å²) in [6, 6.07) is 5.20. The molecule has 3 rings (SSSR count). The maximum absolute atomic E-state index is 11.5. The molecule has 1 aromatic carbocycles. The van der Waals surface area contributed by atoms with Crippen LogP contribution in [0, 0.1) is 0 Å². The highest BCUT2D eigenvalue weighted by atomic mass is 35.5. The number of aromatic nitrogens is 4. The molecule has 2 aromatic heterocycles. The van der Waals surface area contributed by atoms with Gasteiger partial charge in [-0.15, -0.1) is 0 Å². The highest BCUT2D eigenvalue weighted by Gasteiger charge is 2.10. The molecule has 18 heavy (non-hydrogen) atoms. The van der Waals surface area contributed by atoms with Gasteiger partial charge in [-0.25, -0.2) is 9.78 Å². The van der Waals surface area contributed by atoms with Crippen LogP contribution in [0.2, 0.25) is 10.0 Å². The minimum atomic E-state index is -0.341. The zero-order valence-corrected chi connectivity index (χ0v) is 10.4. The first-order valence-corrected chi connectivity index (χ1v) is 5.79. The van der Waals surface area contributed by atoms with Gasteiger partial charge in [0.1, 0.15) is 0 Å². The molecule has 0 aliphatic rings. The molecule has 0 saturated carbocycles. The monoisotopic (exact) mass is 280 g/mol. The van der Waals surface area contributed by atoms with E-state index in [0.29, 0.717) is 15.7 Å². The highest BCUT2D eigenvalue weighted by molar-refractivity contribution is 6.42. The number of hydrogen-bond donors (Lipinski definition) is 1. The Labute approximate surface area is 111 Å². The van der Waals surface area contributed by atoms with Crippen molar-refractivity contribution in [3.05, 3.63) is 51.3 Å². The van der Waals surface area contributed by atoms with Crippen molar-refractivity contribution in [2.24, 2.45) is 0 Å². The fraction of sp³-hybridized carbons (Fsp3) is 0. The fourth-order valence-corrected chi connectivity index (χ4v) is 1.99. The van der Waals surface area contributed by atoms with Crippen molar-refractivity contribution in [3.63, 3.8) is 0 Å². The Hall–Kier alpha value is -1.85. The van der Waals surface area contributed by atoms with Gasteiger partial charge in [0.25, 0.3) is 0 Å². The second kappa shape index (κ2) is 4.12. The van der Waals surface area contributed by atoms with Gasteiger partial charge in [0.05, 0.1) is 22.6 Å². The molecule has 2 heterocycles. The Morgan fingerprint density at radius 3 is 2.83 bits per heavy atom. The molecule has 3 aromatic rings. The second-order valence-corrected chi connectivity index (χ2v) is 4.44. The van der Waals surface area contributed by atoms with E-state index in [1.807, 2.05) is 0 Å². The van der Waals surface area contributed by atoms with E-state index in [0.717, 1.165) is 11.1 Å².